The van der Waals surface area contributed by atoms with E-state index >= 15 is 0 Å². The van der Waals surface area contributed by atoms with E-state index in [-0.39, 0.29) is 17.1 Å². The number of ether oxygens (including phenoxy) is 1. The van der Waals surface area contributed by atoms with E-state index in [1.807, 2.05) is 0 Å². The number of hydrogen-bond donors (Lipinski definition) is 1. The van der Waals surface area contributed by atoms with E-state index < -0.39 is 0 Å². The molecule has 5 saturated carbocycles. The first-order chi connectivity index (χ1) is 13.5. The highest BCUT2D eigenvalue weighted by Crippen LogP contribution is 2.81. The van der Waals surface area contributed by atoms with Crippen molar-refractivity contribution < 1.29 is 9.84 Å². The van der Waals surface area contributed by atoms with Gasteiger partial charge >= 0.3 is 0 Å². The van der Waals surface area contributed by atoms with Crippen molar-refractivity contribution >= 4 is 0 Å². The molecule has 0 aromatic heterocycles. The third-order valence-corrected chi connectivity index (χ3v) is 13.2. The molecule has 1 heterocycles. The summed E-state index contributed by atoms with van der Waals surface area (Å²) in [5.41, 5.74) is 1.97. The summed E-state index contributed by atoms with van der Waals surface area (Å²) in [4.78, 5) is 0. The van der Waals surface area contributed by atoms with Gasteiger partial charge in [0.2, 0.25) is 0 Å². The van der Waals surface area contributed by atoms with Crippen molar-refractivity contribution in [2.24, 2.45) is 44.8 Å². The molecule has 0 bridgehead atoms. The van der Waals surface area contributed by atoms with Gasteiger partial charge in [0.05, 0.1) is 12.2 Å². The summed E-state index contributed by atoms with van der Waals surface area (Å²) in [5, 5.41) is 10.8. The number of epoxide rings is 1. The molecule has 1 aliphatic heterocycles. The van der Waals surface area contributed by atoms with Crippen molar-refractivity contribution in [3.05, 3.63) is 0 Å². The van der Waals surface area contributed by atoms with Gasteiger partial charge in [-0.15, -0.1) is 0 Å². The largest absolute Gasteiger partial charge is 0.393 e. The zero-order valence-corrected chi connectivity index (χ0v) is 19.8. The van der Waals surface area contributed by atoms with Gasteiger partial charge < -0.3 is 9.84 Å². The predicted octanol–water partition coefficient (Wildman–Crippen LogP) is 6.35. The minimum absolute atomic E-state index is 0.0616. The number of aliphatic hydroxyl groups is 1. The van der Waals surface area contributed by atoms with Crippen molar-refractivity contribution in [3.8, 4) is 0 Å². The molecule has 0 aromatic carbocycles. The minimum Gasteiger partial charge on any atom is -0.393 e. The summed E-state index contributed by atoms with van der Waals surface area (Å²) < 4.78 is 6.65. The smallest absolute Gasteiger partial charge is 0.103 e. The molecule has 0 radical (unpaired) electrons. The second-order valence-corrected chi connectivity index (χ2v) is 14.0. The van der Waals surface area contributed by atoms with Crippen LogP contribution in [0.5, 0.6) is 0 Å². The minimum atomic E-state index is -0.120. The molecule has 6 fully saturated rings. The molecule has 10 atom stereocenters. The second-order valence-electron chi connectivity index (χ2n) is 14.0. The number of fused-ring (bicyclic) bond motifs is 5. The summed E-state index contributed by atoms with van der Waals surface area (Å²) >= 11 is 0. The van der Waals surface area contributed by atoms with E-state index in [2.05, 4.69) is 41.5 Å². The first-order valence-electron chi connectivity index (χ1n) is 12.8. The van der Waals surface area contributed by atoms with Crippen LogP contribution < -0.4 is 0 Å². The molecule has 6 aliphatic rings. The van der Waals surface area contributed by atoms with Crippen molar-refractivity contribution in [2.75, 3.05) is 0 Å². The second kappa shape index (κ2) is 5.28. The normalized spacial score (nSPS) is 64.9. The van der Waals surface area contributed by atoms with Crippen LogP contribution in [0.1, 0.15) is 106 Å². The predicted molar refractivity (Wildman–Crippen MR) is 116 cm³/mol. The Morgan fingerprint density at radius 2 is 1.34 bits per heavy atom. The lowest BCUT2D eigenvalue weighted by molar-refractivity contribution is -0.248. The lowest BCUT2D eigenvalue weighted by Crippen LogP contribution is -2.67. The Morgan fingerprint density at radius 3 is 2.07 bits per heavy atom. The Bertz CT molecular complexity index is 745. The Labute approximate surface area is 178 Å². The van der Waals surface area contributed by atoms with Gasteiger partial charge in [-0.3, -0.25) is 0 Å². The van der Waals surface area contributed by atoms with Crippen LogP contribution in [0.2, 0.25) is 0 Å². The first-order valence-corrected chi connectivity index (χ1v) is 12.8. The van der Waals surface area contributed by atoms with Gasteiger partial charge in [-0.25, -0.2) is 0 Å². The molecule has 0 aromatic rings. The third-order valence-electron chi connectivity index (χ3n) is 13.2. The maximum atomic E-state index is 10.8. The Morgan fingerprint density at radius 1 is 0.655 bits per heavy atom. The molecule has 2 heteroatoms. The number of hydrogen-bond acceptors (Lipinski definition) is 2. The van der Waals surface area contributed by atoms with E-state index in [0.29, 0.717) is 33.7 Å². The molecule has 1 saturated heterocycles. The Kier molecular flexibility index (Phi) is 3.57. The van der Waals surface area contributed by atoms with Gasteiger partial charge in [-0.05, 0) is 109 Å². The quantitative estimate of drug-likeness (QED) is 0.480. The fourth-order valence-corrected chi connectivity index (χ4v) is 11.3. The van der Waals surface area contributed by atoms with E-state index in [1.54, 1.807) is 0 Å². The molecular formula is C27H44O2. The van der Waals surface area contributed by atoms with Gasteiger partial charge in [-0.1, -0.05) is 41.5 Å². The van der Waals surface area contributed by atoms with Gasteiger partial charge in [0.25, 0.3) is 0 Å². The molecule has 0 amide bonds. The SMILES string of the molecule is CC1(C)[C@@H](O)CC[C@]2(C)[C@H]3CC[C@@H]4[C@@]56O[C@@H]5CC[C@]6(C)CC[C@@]4(C)[C@]3(C)CC[C@@H]12. The van der Waals surface area contributed by atoms with Crippen LogP contribution in [0.4, 0.5) is 0 Å². The molecule has 29 heavy (non-hydrogen) atoms. The van der Waals surface area contributed by atoms with E-state index in [9.17, 15) is 5.11 Å². The number of rotatable bonds is 0. The summed E-state index contributed by atoms with van der Waals surface area (Å²) in [6.07, 6.45) is 13.6. The summed E-state index contributed by atoms with van der Waals surface area (Å²) in [5.74, 6) is 2.24. The molecule has 5 aliphatic carbocycles. The standard InChI is InChI=1S/C27H44O2/c1-22(2)17-9-14-25(5)18(24(17,4)13-10-20(22)28)7-8-19-26(25,6)16-15-23(3)12-11-21-27(19,23)29-21/h17-21,28H,7-16H2,1-6H3/t17-,18+,19-,20-,21+,23+,24-,25+,26+,27+/m0/s1. The van der Waals surface area contributed by atoms with E-state index in [4.69, 9.17) is 4.74 Å². The Balaban J connectivity index is 1.41. The van der Waals surface area contributed by atoms with Gasteiger partial charge in [0.15, 0.2) is 0 Å². The fraction of sp³-hybridized carbons (Fsp3) is 1.00. The maximum Gasteiger partial charge on any atom is 0.103 e. The van der Waals surface area contributed by atoms with E-state index in [1.165, 1.54) is 57.8 Å². The van der Waals surface area contributed by atoms with Gasteiger partial charge in [-0.2, -0.15) is 0 Å². The highest BCUT2D eigenvalue weighted by Gasteiger charge is 2.81. The molecule has 6 rings (SSSR count). The van der Waals surface area contributed by atoms with Crippen molar-refractivity contribution in [2.45, 2.75) is 124 Å². The van der Waals surface area contributed by atoms with Crippen LogP contribution in [0, 0.1) is 44.8 Å². The summed E-state index contributed by atoms with van der Waals surface area (Å²) in [7, 11) is 0. The van der Waals surface area contributed by atoms with Crippen molar-refractivity contribution in [1.29, 1.82) is 0 Å². The van der Waals surface area contributed by atoms with Crippen LogP contribution in [0.3, 0.4) is 0 Å². The van der Waals surface area contributed by atoms with Gasteiger partial charge in [0.1, 0.15) is 5.60 Å². The van der Waals surface area contributed by atoms with Crippen LogP contribution in [0.25, 0.3) is 0 Å². The average Bonchev–Trinajstić information content (AvgIpc) is 3.31. The average molecular weight is 401 g/mol. The van der Waals surface area contributed by atoms with Crippen LogP contribution in [-0.4, -0.2) is 22.9 Å². The third kappa shape index (κ3) is 1.92. The van der Waals surface area contributed by atoms with Crippen LogP contribution >= 0.6 is 0 Å². The zero-order valence-electron chi connectivity index (χ0n) is 19.8. The van der Waals surface area contributed by atoms with Crippen molar-refractivity contribution in [1.82, 2.24) is 0 Å². The van der Waals surface area contributed by atoms with Crippen molar-refractivity contribution in [3.63, 3.8) is 0 Å². The number of aliphatic hydroxyl groups excluding tert-OH is 1. The first kappa shape index (κ1) is 19.6. The monoisotopic (exact) mass is 400 g/mol. The maximum absolute atomic E-state index is 10.8. The molecule has 1 spiro atoms. The molecule has 1 N–H and O–H groups in total. The highest BCUT2D eigenvalue weighted by molar-refractivity contribution is 5.29. The molecule has 164 valence electrons. The lowest BCUT2D eigenvalue weighted by Gasteiger charge is -2.72. The fourth-order valence-electron chi connectivity index (χ4n) is 11.3. The van der Waals surface area contributed by atoms with Crippen LogP contribution in [0.15, 0.2) is 0 Å². The van der Waals surface area contributed by atoms with Crippen LogP contribution in [-0.2, 0) is 4.74 Å². The molecular weight excluding hydrogens is 356 g/mol. The highest BCUT2D eigenvalue weighted by atomic mass is 16.6. The van der Waals surface area contributed by atoms with E-state index in [0.717, 1.165) is 18.3 Å². The molecule has 0 unspecified atom stereocenters. The summed E-state index contributed by atoms with van der Waals surface area (Å²) in [6.45, 7) is 15.3. The summed E-state index contributed by atoms with van der Waals surface area (Å²) in [6, 6.07) is 0. The van der Waals surface area contributed by atoms with Gasteiger partial charge in [0, 0.05) is 0 Å². The lowest BCUT2D eigenvalue weighted by atomic mass is 9.32. The zero-order chi connectivity index (χ0) is 20.7. The topological polar surface area (TPSA) is 32.8 Å². The molecule has 2 nitrogen and oxygen atoms in total. The Hall–Kier alpha value is -0.0800.